The van der Waals surface area contributed by atoms with Gasteiger partial charge in [-0.15, -0.1) is 0 Å². The molecule has 8 heteroatoms. The summed E-state index contributed by atoms with van der Waals surface area (Å²) in [5.41, 5.74) is 6.46. The fourth-order valence-electron chi connectivity index (χ4n) is 1.67. The van der Waals surface area contributed by atoms with Gasteiger partial charge in [0.05, 0.1) is 17.4 Å². The van der Waals surface area contributed by atoms with Gasteiger partial charge in [0.2, 0.25) is 12.3 Å². The van der Waals surface area contributed by atoms with Crippen molar-refractivity contribution in [2.75, 3.05) is 11.1 Å². The molecule has 0 fully saturated rings. The van der Waals surface area contributed by atoms with Gasteiger partial charge in [-0.25, -0.2) is 4.98 Å². The van der Waals surface area contributed by atoms with Gasteiger partial charge in [0.15, 0.2) is 5.82 Å². The van der Waals surface area contributed by atoms with Crippen molar-refractivity contribution in [2.24, 2.45) is 0 Å². The third-order valence-corrected chi connectivity index (χ3v) is 2.55. The smallest absolute Gasteiger partial charge is 0.260 e. The molecule has 1 aromatic carbocycles. The van der Waals surface area contributed by atoms with Crippen LogP contribution in [-0.2, 0) is 6.54 Å². The van der Waals surface area contributed by atoms with Gasteiger partial charge in [-0.05, 0) is 18.2 Å². The van der Waals surface area contributed by atoms with Gasteiger partial charge >= 0.3 is 0 Å². The molecule has 0 unspecified atom stereocenters. The van der Waals surface area contributed by atoms with E-state index in [0.29, 0.717) is 34.9 Å². The molecule has 2 aromatic heterocycles. The third-order valence-electron chi connectivity index (χ3n) is 2.55. The van der Waals surface area contributed by atoms with E-state index < -0.39 is 0 Å². The molecule has 0 aliphatic carbocycles. The molecule has 3 aromatic rings. The van der Waals surface area contributed by atoms with Gasteiger partial charge < -0.3 is 15.6 Å². The van der Waals surface area contributed by atoms with E-state index in [-0.39, 0.29) is 5.56 Å². The van der Waals surface area contributed by atoms with Gasteiger partial charge in [-0.3, -0.25) is 9.78 Å². The summed E-state index contributed by atoms with van der Waals surface area (Å²) in [5, 5.41) is 7.00. The third kappa shape index (κ3) is 2.23. The first-order valence-electron chi connectivity index (χ1n) is 5.51. The highest BCUT2D eigenvalue weighted by Crippen LogP contribution is 2.12. The molecule has 0 aliphatic rings. The second-order valence-electron chi connectivity index (χ2n) is 3.89. The Bertz CT molecular complexity index is 764. The van der Waals surface area contributed by atoms with E-state index in [2.05, 4.69) is 29.9 Å². The van der Waals surface area contributed by atoms with Crippen molar-refractivity contribution < 1.29 is 4.52 Å². The van der Waals surface area contributed by atoms with Gasteiger partial charge in [0.1, 0.15) is 0 Å². The van der Waals surface area contributed by atoms with Crippen LogP contribution in [0.4, 0.5) is 11.6 Å². The van der Waals surface area contributed by atoms with Crippen LogP contribution in [0.25, 0.3) is 10.9 Å². The van der Waals surface area contributed by atoms with Crippen molar-refractivity contribution >= 4 is 22.5 Å². The molecule has 19 heavy (non-hydrogen) atoms. The van der Waals surface area contributed by atoms with Gasteiger partial charge in [-0.2, -0.15) is 4.98 Å². The lowest BCUT2D eigenvalue weighted by Crippen LogP contribution is -2.13. The molecule has 0 radical (unpaired) electrons. The molecule has 3 rings (SSSR count). The fourth-order valence-corrected chi connectivity index (χ4v) is 1.67. The zero-order chi connectivity index (χ0) is 13.2. The lowest BCUT2D eigenvalue weighted by molar-refractivity contribution is 0.411. The van der Waals surface area contributed by atoms with Crippen LogP contribution in [0.3, 0.4) is 0 Å². The SMILES string of the molecule is Nc1ccc2nc(NCc3ncon3)[nH]c(=O)c2c1. The number of aromatic nitrogens is 4. The number of nitrogen functional groups attached to an aromatic ring is 1. The van der Waals surface area contributed by atoms with Crippen LogP contribution in [0.5, 0.6) is 0 Å². The average molecular weight is 258 g/mol. The molecule has 2 heterocycles. The number of H-pyrrole nitrogens is 1. The number of benzene rings is 1. The van der Waals surface area contributed by atoms with Crippen molar-refractivity contribution in [1.82, 2.24) is 20.1 Å². The number of anilines is 2. The average Bonchev–Trinajstić information content (AvgIpc) is 2.90. The summed E-state index contributed by atoms with van der Waals surface area (Å²) in [5.74, 6) is 0.812. The first-order chi connectivity index (χ1) is 9.22. The van der Waals surface area contributed by atoms with Crippen LogP contribution in [0.2, 0.25) is 0 Å². The Kier molecular flexibility index (Phi) is 2.60. The highest BCUT2D eigenvalue weighted by Gasteiger charge is 2.05. The Hall–Kier alpha value is -2.90. The van der Waals surface area contributed by atoms with Crippen LogP contribution in [-0.4, -0.2) is 20.1 Å². The number of aromatic amines is 1. The molecule has 0 saturated carbocycles. The summed E-state index contributed by atoms with van der Waals surface area (Å²) < 4.78 is 4.60. The number of nitrogens with one attached hydrogen (secondary N) is 2. The predicted octanol–water partition coefficient (Wildman–Crippen LogP) is 0.500. The minimum Gasteiger partial charge on any atom is -0.399 e. The zero-order valence-electron chi connectivity index (χ0n) is 9.75. The molecular weight excluding hydrogens is 248 g/mol. The first-order valence-corrected chi connectivity index (χ1v) is 5.51. The molecular formula is C11H10N6O2. The molecule has 0 atom stereocenters. The van der Waals surface area contributed by atoms with E-state index in [1.54, 1.807) is 18.2 Å². The van der Waals surface area contributed by atoms with E-state index >= 15 is 0 Å². The molecule has 4 N–H and O–H groups in total. The second kappa shape index (κ2) is 4.41. The van der Waals surface area contributed by atoms with Crippen molar-refractivity contribution in [3.63, 3.8) is 0 Å². The quantitative estimate of drug-likeness (QED) is 0.584. The van der Waals surface area contributed by atoms with Gasteiger partial charge in [-0.1, -0.05) is 5.16 Å². The zero-order valence-corrected chi connectivity index (χ0v) is 9.75. The maximum Gasteiger partial charge on any atom is 0.260 e. The number of rotatable bonds is 3. The molecule has 0 bridgehead atoms. The highest BCUT2D eigenvalue weighted by atomic mass is 16.5. The van der Waals surface area contributed by atoms with E-state index in [1.807, 2.05) is 0 Å². The van der Waals surface area contributed by atoms with Gasteiger partial charge in [0.25, 0.3) is 5.56 Å². The van der Waals surface area contributed by atoms with Crippen LogP contribution < -0.4 is 16.6 Å². The molecule has 96 valence electrons. The number of hydrogen-bond donors (Lipinski definition) is 3. The first kappa shape index (κ1) is 11.2. The Morgan fingerprint density at radius 1 is 1.42 bits per heavy atom. The van der Waals surface area contributed by atoms with Crippen LogP contribution in [0.1, 0.15) is 5.82 Å². The predicted molar refractivity (Wildman–Crippen MR) is 68.4 cm³/mol. The monoisotopic (exact) mass is 258 g/mol. The van der Waals surface area contributed by atoms with E-state index in [1.165, 1.54) is 6.39 Å². The number of nitrogens with zero attached hydrogens (tertiary/aromatic N) is 3. The van der Waals surface area contributed by atoms with E-state index in [0.717, 1.165) is 0 Å². The van der Waals surface area contributed by atoms with Crippen molar-refractivity contribution in [3.05, 3.63) is 40.8 Å². The Morgan fingerprint density at radius 2 is 2.32 bits per heavy atom. The largest absolute Gasteiger partial charge is 0.399 e. The molecule has 8 nitrogen and oxygen atoms in total. The molecule has 0 spiro atoms. The van der Waals surface area contributed by atoms with Crippen LogP contribution >= 0.6 is 0 Å². The second-order valence-corrected chi connectivity index (χ2v) is 3.89. The fraction of sp³-hybridized carbons (Fsp3) is 0.0909. The van der Waals surface area contributed by atoms with E-state index in [9.17, 15) is 4.79 Å². The Morgan fingerprint density at radius 3 is 3.11 bits per heavy atom. The highest BCUT2D eigenvalue weighted by molar-refractivity contribution is 5.81. The van der Waals surface area contributed by atoms with Crippen molar-refractivity contribution in [1.29, 1.82) is 0 Å². The van der Waals surface area contributed by atoms with Crippen molar-refractivity contribution in [3.8, 4) is 0 Å². The summed E-state index contributed by atoms with van der Waals surface area (Å²) >= 11 is 0. The standard InChI is InChI=1S/C11H10N6O2/c12-6-1-2-8-7(3-6)10(18)16-11(15-8)13-4-9-14-5-19-17-9/h1-3,5H,4,12H2,(H2,13,15,16,18). The van der Waals surface area contributed by atoms with Crippen LogP contribution in [0, 0.1) is 0 Å². The van der Waals surface area contributed by atoms with E-state index in [4.69, 9.17) is 5.73 Å². The summed E-state index contributed by atoms with van der Waals surface area (Å²) in [4.78, 5) is 22.6. The number of fused-ring (bicyclic) bond motifs is 1. The lowest BCUT2D eigenvalue weighted by atomic mass is 10.2. The number of hydrogen-bond acceptors (Lipinski definition) is 7. The minimum absolute atomic E-state index is 0.257. The normalized spacial score (nSPS) is 10.7. The number of nitrogens with two attached hydrogens (primary N) is 1. The molecule has 0 amide bonds. The summed E-state index contributed by atoms with van der Waals surface area (Å²) in [7, 11) is 0. The molecule has 0 aliphatic heterocycles. The molecule has 0 saturated heterocycles. The lowest BCUT2D eigenvalue weighted by Gasteiger charge is -2.04. The Balaban J connectivity index is 1.93. The summed E-state index contributed by atoms with van der Waals surface area (Å²) in [6.07, 6.45) is 1.23. The summed E-state index contributed by atoms with van der Waals surface area (Å²) in [6, 6.07) is 4.97. The maximum absolute atomic E-state index is 11.9. The van der Waals surface area contributed by atoms with Crippen LogP contribution in [0.15, 0.2) is 33.9 Å². The summed E-state index contributed by atoms with van der Waals surface area (Å²) in [6.45, 7) is 0.305. The Labute approximate surface area is 106 Å². The topological polar surface area (TPSA) is 123 Å². The maximum atomic E-state index is 11.9. The van der Waals surface area contributed by atoms with Gasteiger partial charge in [0, 0.05) is 5.69 Å². The minimum atomic E-state index is -0.257. The van der Waals surface area contributed by atoms with Crippen molar-refractivity contribution in [2.45, 2.75) is 6.54 Å².